The summed E-state index contributed by atoms with van der Waals surface area (Å²) in [6.45, 7) is 23.7. The number of aliphatic imine (C=N–C) groups is 2. The average Bonchev–Trinajstić information content (AvgIpc) is 3.86. The van der Waals surface area contributed by atoms with Gasteiger partial charge in [-0.1, -0.05) is 174 Å². The van der Waals surface area contributed by atoms with Gasteiger partial charge in [-0.3, -0.25) is 4.99 Å². The summed E-state index contributed by atoms with van der Waals surface area (Å²) < 4.78 is 2.32. The fourth-order valence-electron chi connectivity index (χ4n) is 11.7. The van der Waals surface area contributed by atoms with E-state index in [1.807, 2.05) is 27.0 Å². The average molecular weight is 923 g/mol. The Bertz CT molecular complexity index is 3850. The predicted molar refractivity (Wildman–Crippen MR) is 310 cm³/mol. The zero-order valence-corrected chi connectivity index (χ0v) is 42.4. The Morgan fingerprint density at radius 1 is 0.732 bits per heavy atom. The van der Waals surface area contributed by atoms with Crippen LogP contribution < -0.4 is 5.32 Å². The fourth-order valence-corrected chi connectivity index (χ4v) is 11.7. The number of para-hydroxylation sites is 1. The van der Waals surface area contributed by atoms with Crippen molar-refractivity contribution in [1.29, 1.82) is 0 Å². The van der Waals surface area contributed by atoms with Crippen molar-refractivity contribution in [3.05, 3.63) is 227 Å². The summed E-state index contributed by atoms with van der Waals surface area (Å²) in [6.07, 6.45) is 14.7. The lowest BCUT2D eigenvalue weighted by molar-refractivity contribution is 0.662. The molecule has 0 unspecified atom stereocenters. The molecule has 1 N–H and O–H groups in total. The second-order valence-corrected chi connectivity index (χ2v) is 18.9. The summed E-state index contributed by atoms with van der Waals surface area (Å²) in [5, 5.41) is 12.9. The third kappa shape index (κ3) is 7.52. The fraction of sp³-hybridized carbons (Fsp3) is 0.164. The smallest absolute Gasteiger partial charge is 0.0769 e. The Morgan fingerprint density at radius 2 is 1.39 bits per heavy atom. The molecule has 0 saturated heterocycles. The van der Waals surface area contributed by atoms with E-state index in [-0.39, 0.29) is 5.41 Å². The quantitative estimate of drug-likeness (QED) is 0.0829. The van der Waals surface area contributed by atoms with Gasteiger partial charge in [0, 0.05) is 62.3 Å². The molecule has 0 atom stereocenters. The van der Waals surface area contributed by atoms with E-state index in [0.29, 0.717) is 0 Å². The van der Waals surface area contributed by atoms with Gasteiger partial charge in [-0.25, -0.2) is 4.99 Å². The molecule has 0 fully saturated rings. The first-order valence-corrected chi connectivity index (χ1v) is 25.1. The van der Waals surface area contributed by atoms with Crippen LogP contribution in [-0.2, 0) is 5.41 Å². The lowest BCUT2D eigenvalue weighted by Crippen LogP contribution is -2.16. The lowest BCUT2D eigenvalue weighted by Gasteiger charge is -2.26. The highest BCUT2D eigenvalue weighted by molar-refractivity contribution is 6.28. The molecule has 0 aliphatic heterocycles. The summed E-state index contributed by atoms with van der Waals surface area (Å²) in [4.78, 5) is 11.3. The largest absolute Gasteiger partial charge is 0.391 e. The van der Waals surface area contributed by atoms with E-state index >= 15 is 0 Å². The molecule has 2 aliphatic carbocycles. The SMILES string of the molecule is C=C/C=C(\C=C/C)n1c2ccccc2c2cc(/C(N=C)=C(\C)C(=Nc3c4c(cc5cccc(C6=C(NC)CCC=C6)c35)-c3ccccc3C4(C)C)c3c(C)c4ccccc4c4ccccc34)ccc21.CC. The van der Waals surface area contributed by atoms with Gasteiger partial charge < -0.3 is 9.88 Å². The third-order valence-corrected chi connectivity index (χ3v) is 14.8. The summed E-state index contributed by atoms with van der Waals surface area (Å²) >= 11 is 0. The molecule has 8 aromatic carbocycles. The van der Waals surface area contributed by atoms with Gasteiger partial charge in [0.1, 0.15) is 0 Å². The number of rotatable bonds is 10. The number of nitrogens with zero attached hydrogens (tertiary/aromatic N) is 3. The molecule has 1 heterocycles. The van der Waals surface area contributed by atoms with Gasteiger partial charge in [0.15, 0.2) is 0 Å². The van der Waals surface area contributed by atoms with Crippen molar-refractivity contribution in [3.63, 3.8) is 0 Å². The van der Waals surface area contributed by atoms with E-state index in [0.717, 1.165) is 90.3 Å². The van der Waals surface area contributed by atoms with E-state index in [1.54, 1.807) is 0 Å². The molecule has 4 nitrogen and oxygen atoms in total. The van der Waals surface area contributed by atoms with E-state index in [1.165, 1.54) is 60.8 Å². The van der Waals surface area contributed by atoms with Crippen LogP contribution in [0.2, 0.25) is 0 Å². The minimum Gasteiger partial charge on any atom is -0.391 e. The molecule has 1 aromatic heterocycles. The Balaban J connectivity index is 0.00000287. The molecule has 71 heavy (non-hydrogen) atoms. The number of aryl methyl sites for hydroxylation is 1. The topological polar surface area (TPSA) is 41.7 Å². The standard InChI is InChI=1S/C65H56N4.C2H6/c1-9-22-44(23-10-2)69-57-35-20-17-30-50(57)53-39-43(36-37-58(53)69)62(67-8)41(4)63(59-40(3)45-25-11-12-26-46(45)47-27-13-14-31-51(47)59)68-64-60-42(24-21-32-52(60)49-29-16-19-34-56(49)66-7)38-54-48-28-15-18-33-55(48)65(5,6)61(54)64;1-2/h9-18,20-33,35-39,66H,1,8,19,34H2,2-7H3;1-2H3/b23-10-,44-22+,62-41-,68-63?;. The molecule has 0 amide bonds. The minimum atomic E-state index is -0.359. The first-order valence-electron chi connectivity index (χ1n) is 25.1. The molecule has 0 spiro atoms. The summed E-state index contributed by atoms with van der Waals surface area (Å²) in [7, 11) is 2.05. The molecule has 350 valence electrons. The number of aromatic nitrogens is 1. The first-order chi connectivity index (χ1) is 34.7. The monoisotopic (exact) mass is 922 g/mol. The van der Waals surface area contributed by atoms with Crippen molar-refractivity contribution >= 4 is 89.2 Å². The summed E-state index contributed by atoms with van der Waals surface area (Å²) in [5.41, 5.74) is 18.4. The first kappa shape index (κ1) is 46.6. The van der Waals surface area contributed by atoms with Crippen LogP contribution in [0.3, 0.4) is 0 Å². The predicted octanol–water partition coefficient (Wildman–Crippen LogP) is 18.0. The minimum absolute atomic E-state index is 0.359. The van der Waals surface area contributed by atoms with Gasteiger partial charge in [-0.15, -0.1) is 0 Å². The van der Waals surface area contributed by atoms with Crippen molar-refractivity contribution < 1.29 is 0 Å². The second-order valence-electron chi connectivity index (χ2n) is 18.9. The number of hydrogen-bond acceptors (Lipinski definition) is 3. The van der Waals surface area contributed by atoms with Gasteiger partial charge in [0.05, 0.1) is 28.1 Å². The van der Waals surface area contributed by atoms with Crippen LogP contribution in [-0.4, -0.2) is 24.0 Å². The number of nitrogens with one attached hydrogen (secondary N) is 1. The van der Waals surface area contributed by atoms with Crippen molar-refractivity contribution in [2.75, 3.05) is 7.05 Å². The van der Waals surface area contributed by atoms with Crippen LogP contribution in [0.15, 0.2) is 204 Å². The van der Waals surface area contributed by atoms with Crippen LogP contribution in [0.1, 0.15) is 87.8 Å². The highest BCUT2D eigenvalue weighted by Crippen LogP contribution is 2.56. The van der Waals surface area contributed by atoms with Crippen molar-refractivity contribution in [2.45, 2.75) is 66.7 Å². The maximum atomic E-state index is 6.28. The van der Waals surface area contributed by atoms with Crippen molar-refractivity contribution in [3.8, 4) is 11.1 Å². The molecule has 2 aliphatic rings. The summed E-state index contributed by atoms with van der Waals surface area (Å²) in [5.74, 6) is 0. The van der Waals surface area contributed by atoms with E-state index in [2.05, 4.69) is 228 Å². The molecule has 4 heteroatoms. The number of benzene rings is 8. The van der Waals surface area contributed by atoms with Gasteiger partial charge in [0.25, 0.3) is 0 Å². The van der Waals surface area contributed by atoms with Crippen molar-refractivity contribution in [1.82, 2.24) is 9.88 Å². The number of allylic oxidation sites excluding steroid dienone is 10. The number of hydrogen-bond donors (Lipinski definition) is 1. The highest BCUT2D eigenvalue weighted by atomic mass is 15.0. The molecule has 0 bridgehead atoms. The molecule has 0 saturated carbocycles. The molecule has 11 rings (SSSR count). The van der Waals surface area contributed by atoms with Gasteiger partial charge in [-0.05, 0) is 137 Å². The summed E-state index contributed by atoms with van der Waals surface area (Å²) in [6, 6.07) is 51.1. The van der Waals surface area contributed by atoms with Crippen LogP contribution in [0, 0.1) is 6.92 Å². The van der Waals surface area contributed by atoms with Crippen LogP contribution >= 0.6 is 0 Å². The van der Waals surface area contributed by atoms with Gasteiger partial charge in [-0.2, -0.15) is 0 Å². The Hall–Kier alpha value is -8.08. The van der Waals surface area contributed by atoms with Crippen molar-refractivity contribution in [2.24, 2.45) is 9.98 Å². The normalized spacial score (nSPS) is 14.8. The number of fused-ring (bicyclic) bond motifs is 10. The highest BCUT2D eigenvalue weighted by Gasteiger charge is 2.39. The zero-order chi connectivity index (χ0) is 49.6. The van der Waals surface area contributed by atoms with Crippen LogP contribution in [0.5, 0.6) is 0 Å². The van der Waals surface area contributed by atoms with Gasteiger partial charge in [0.2, 0.25) is 0 Å². The van der Waals surface area contributed by atoms with E-state index in [9.17, 15) is 0 Å². The molecular formula is C67H62N4. The molecular weight excluding hydrogens is 861 g/mol. The lowest BCUT2D eigenvalue weighted by atomic mass is 9.79. The molecule has 9 aromatic rings. The maximum Gasteiger partial charge on any atom is 0.0769 e. The van der Waals surface area contributed by atoms with E-state index in [4.69, 9.17) is 9.98 Å². The van der Waals surface area contributed by atoms with Crippen LogP contribution in [0.25, 0.3) is 82.2 Å². The zero-order valence-electron chi connectivity index (χ0n) is 42.4. The Kier molecular flexibility index (Phi) is 12.5. The second kappa shape index (κ2) is 19.0. The van der Waals surface area contributed by atoms with Gasteiger partial charge >= 0.3 is 0 Å². The molecule has 0 radical (unpaired) electrons. The maximum absolute atomic E-state index is 6.28. The third-order valence-electron chi connectivity index (χ3n) is 14.8. The van der Waals surface area contributed by atoms with Crippen LogP contribution in [0.4, 0.5) is 5.69 Å². The van der Waals surface area contributed by atoms with E-state index < -0.39 is 0 Å². The Labute approximate surface area is 419 Å². The Morgan fingerprint density at radius 3 is 2.13 bits per heavy atom.